The van der Waals surface area contributed by atoms with E-state index < -0.39 is 0 Å². The largest absolute Gasteiger partial charge is 0.472 e. The summed E-state index contributed by atoms with van der Waals surface area (Å²) in [5.74, 6) is 0.865. The highest BCUT2D eigenvalue weighted by molar-refractivity contribution is 5.95. The quantitative estimate of drug-likeness (QED) is 0.776. The Morgan fingerprint density at radius 1 is 1.35 bits per heavy atom. The summed E-state index contributed by atoms with van der Waals surface area (Å²) in [6.07, 6.45) is 6.30. The molecule has 2 aliphatic rings. The minimum Gasteiger partial charge on any atom is -0.472 e. The zero-order valence-corrected chi connectivity index (χ0v) is 10.4. The lowest BCUT2D eigenvalue weighted by Gasteiger charge is -2.23. The number of benzene rings is 1. The molecule has 0 bridgehead atoms. The lowest BCUT2D eigenvalue weighted by molar-refractivity contribution is 0.156. The van der Waals surface area contributed by atoms with Crippen LogP contribution in [0.15, 0.2) is 35.3 Å². The number of ether oxygens (including phenoxy) is 1. The van der Waals surface area contributed by atoms with Gasteiger partial charge in [0.1, 0.15) is 11.6 Å². The predicted molar refractivity (Wildman–Crippen MR) is 69.3 cm³/mol. The number of fused-ring (bicyclic) bond motifs is 1. The molecule has 0 aromatic heterocycles. The fourth-order valence-electron chi connectivity index (χ4n) is 3.17. The minimum absolute atomic E-state index is 0.0971. The fourth-order valence-corrected chi connectivity index (χ4v) is 3.17. The maximum Gasteiger partial charge on any atom is 0.217 e. The highest BCUT2D eigenvalue weighted by atomic mass is 16.5. The molecule has 1 aromatic carbocycles. The SMILES string of the molecule is CCC[C@@]12CCC[C@@H]1OC(c1ccccc1)=N2. The Morgan fingerprint density at radius 3 is 2.94 bits per heavy atom. The minimum atomic E-state index is 0.0971. The van der Waals surface area contributed by atoms with Crippen molar-refractivity contribution in [2.75, 3.05) is 0 Å². The third kappa shape index (κ3) is 1.76. The maximum atomic E-state index is 6.08. The van der Waals surface area contributed by atoms with Crippen LogP contribution in [0.1, 0.15) is 44.6 Å². The number of rotatable bonds is 3. The van der Waals surface area contributed by atoms with E-state index in [-0.39, 0.29) is 5.54 Å². The molecular formula is C15H19NO. The van der Waals surface area contributed by atoms with Crippen LogP contribution in [-0.4, -0.2) is 17.5 Å². The van der Waals surface area contributed by atoms with Crippen molar-refractivity contribution in [1.29, 1.82) is 0 Å². The van der Waals surface area contributed by atoms with Crippen LogP contribution in [0.2, 0.25) is 0 Å². The van der Waals surface area contributed by atoms with Gasteiger partial charge in [-0.1, -0.05) is 31.5 Å². The van der Waals surface area contributed by atoms with Crippen molar-refractivity contribution in [3.63, 3.8) is 0 Å². The Balaban J connectivity index is 1.92. The summed E-state index contributed by atoms with van der Waals surface area (Å²) in [6, 6.07) is 10.3. The highest BCUT2D eigenvalue weighted by Crippen LogP contribution is 2.43. The zero-order chi connectivity index (χ0) is 11.7. The second-order valence-corrected chi connectivity index (χ2v) is 5.14. The lowest BCUT2D eigenvalue weighted by atomic mass is 9.91. The number of aliphatic imine (C=N–C) groups is 1. The summed E-state index contributed by atoms with van der Waals surface area (Å²) >= 11 is 0. The molecule has 90 valence electrons. The summed E-state index contributed by atoms with van der Waals surface area (Å²) in [7, 11) is 0. The number of nitrogens with zero attached hydrogens (tertiary/aromatic N) is 1. The topological polar surface area (TPSA) is 21.6 Å². The van der Waals surface area contributed by atoms with Crippen LogP contribution in [0.3, 0.4) is 0 Å². The van der Waals surface area contributed by atoms with E-state index in [0.29, 0.717) is 6.10 Å². The van der Waals surface area contributed by atoms with Gasteiger partial charge < -0.3 is 4.74 Å². The fraction of sp³-hybridized carbons (Fsp3) is 0.533. The molecule has 2 atom stereocenters. The number of hydrogen-bond donors (Lipinski definition) is 0. The van der Waals surface area contributed by atoms with Gasteiger partial charge in [0, 0.05) is 5.56 Å². The Morgan fingerprint density at radius 2 is 2.18 bits per heavy atom. The molecule has 1 fully saturated rings. The zero-order valence-electron chi connectivity index (χ0n) is 10.4. The van der Waals surface area contributed by atoms with Gasteiger partial charge in [0.05, 0.1) is 0 Å². The van der Waals surface area contributed by atoms with Gasteiger partial charge in [-0.3, -0.25) is 0 Å². The van der Waals surface area contributed by atoms with E-state index in [1.54, 1.807) is 0 Å². The molecule has 1 aliphatic heterocycles. The highest BCUT2D eigenvalue weighted by Gasteiger charge is 2.48. The smallest absolute Gasteiger partial charge is 0.217 e. The normalized spacial score (nSPS) is 30.9. The van der Waals surface area contributed by atoms with Crippen molar-refractivity contribution >= 4 is 5.90 Å². The van der Waals surface area contributed by atoms with Crippen molar-refractivity contribution in [2.45, 2.75) is 50.7 Å². The third-order valence-corrected chi connectivity index (χ3v) is 3.96. The van der Waals surface area contributed by atoms with Gasteiger partial charge in [-0.2, -0.15) is 0 Å². The summed E-state index contributed by atoms with van der Waals surface area (Å²) in [4.78, 5) is 4.94. The molecule has 0 unspecified atom stereocenters. The molecule has 0 N–H and O–H groups in total. The first-order valence-corrected chi connectivity index (χ1v) is 6.66. The molecule has 0 amide bonds. The van der Waals surface area contributed by atoms with Crippen LogP contribution >= 0.6 is 0 Å². The van der Waals surface area contributed by atoms with E-state index in [0.717, 1.165) is 17.9 Å². The van der Waals surface area contributed by atoms with E-state index in [4.69, 9.17) is 9.73 Å². The standard InChI is InChI=1S/C15H19NO/c1-2-10-15-11-6-9-13(15)17-14(16-15)12-7-4-3-5-8-12/h3-5,7-8,13H,2,6,9-11H2,1H3/t13-,15+/m0/s1. The van der Waals surface area contributed by atoms with E-state index in [9.17, 15) is 0 Å². The van der Waals surface area contributed by atoms with Crippen LogP contribution in [-0.2, 0) is 4.74 Å². The monoisotopic (exact) mass is 229 g/mol. The molecule has 3 rings (SSSR count). The van der Waals surface area contributed by atoms with Crippen molar-refractivity contribution < 1.29 is 4.74 Å². The van der Waals surface area contributed by atoms with Crippen LogP contribution in [0, 0.1) is 0 Å². The first-order valence-electron chi connectivity index (χ1n) is 6.66. The van der Waals surface area contributed by atoms with E-state index in [1.807, 2.05) is 18.2 Å². The molecular weight excluding hydrogens is 210 g/mol. The average Bonchev–Trinajstić information content (AvgIpc) is 2.87. The molecule has 17 heavy (non-hydrogen) atoms. The first-order chi connectivity index (χ1) is 8.34. The first kappa shape index (κ1) is 10.8. The van der Waals surface area contributed by atoms with Crippen LogP contribution in [0.4, 0.5) is 0 Å². The van der Waals surface area contributed by atoms with Gasteiger partial charge in [-0.05, 0) is 37.8 Å². The summed E-state index contributed by atoms with van der Waals surface area (Å²) in [5.41, 5.74) is 1.22. The van der Waals surface area contributed by atoms with Gasteiger partial charge in [0.25, 0.3) is 0 Å². The molecule has 1 heterocycles. The molecule has 0 radical (unpaired) electrons. The van der Waals surface area contributed by atoms with E-state index >= 15 is 0 Å². The van der Waals surface area contributed by atoms with Gasteiger partial charge in [0.2, 0.25) is 5.90 Å². The maximum absolute atomic E-state index is 6.08. The van der Waals surface area contributed by atoms with Crippen LogP contribution < -0.4 is 0 Å². The number of hydrogen-bond acceptors (Lipinski definition) is 2. The third-order valence-electron chi connectivity index (χ3n) is 3.96. The van der Waals surface area contributed by atoms with Gasteiger partial charge in [-0.25, -0.2) is 4.99 Å². The molecule has 0 saturated heterocycles. The van der Waals surface area contributed by atoms with Crippen LogP contribution in [0.5, 0.6) is 0 Å². The molecule has 1 saturated carbocycles. The van der Waals surface area contributed by atoms with Crippen LogP contribution in [0.25, 0.3) is 0 Å². The van der Waals surface area contributed by atoms with Crippen molar-refractivity contribution in [3.8, 4) is 0 Å². The lowest BCUT2D eigenvalue weighted by Crippen LogP contribution is -2.32. The Hall–Kier alpha value is -1.31. The van der Waals surface area contributed by atoms with Gasteiger partial charge >= 0.3 is 0 Å². The Bertz CT molecular complexity index is 426. The summed E-state index contributed by atoms with van der Waals surface area (Å²) in [5, 5.41) is 0. The predicted octanol–water partition coefficient (Wildman–Crippen LogP) is 3.55. The Kier molecular flexibility index (Phi) is 2.65. The van der Waals surface area contributed by atoms with Crippen molar-refractivity contribution in [3.05, 3.63) is 35.9 Å². The second-order valence-electron chi connectivity index (χ2n) is 5.14. The molecule has 0 spiro atoms. The van der Waals surface area contributed by atoms with Gasteiger partial charge in [-0.15, -0.1) is 0 Å². The van der Waals surface area contributed by atoms with Gasteiger partial charge in [0.15, 0.2) is 0 Å². The molecule has 1 aromatic rings. The second kappa shape index (κ2) is 4.17. The molecule has 2 nitrogen and oxygen atoms in total. The Labute approximate surface area is 103 Å². The summed E-state index contributed by atoms with van der Waals surface area (Å²) < 4.78 is 6.08. The van der Waals surface area contributed by atoms with Crippen molar-refractivity contribution in [1.82, 2.24) is 0 Å². The van der Waals surface area contributed by atoms with Crippen molar-refractivity contribution in [2.24, 2.45) is 4.99 Å². The molecule has 1 aliphatic carbocycles. The van der Waals surface area contributed by atoms with E-state index in [1.165, 1.54) is 25.7 Å². The molecule has 2 heteroatoms. The summed E-state index contributed by atoms with van der Waals surface area (Å²) in [6.45, 7) is 2.24. The average molecular weight is 229 g/mol. The van der Waals surface area contributed by atoms with E-state index in [2.05, 4.69) is 19.1 Å².